The Labute approximate surface area is 176 Å². The third kappa shape index (κ3) is 5.18. The lowest BCUT2D eigenvalue weighted by Gasteiger charge is -2.19. The summed E-state index contributed by atoms with van der Waals surface area (Å²) in [6, 6.07) is 9.29. The number of ether oxygens (including phenoxy) is 2. The van der Waals surface area contributed by atoms with E-state index >= 15 is 0 Å². The summed E-state index contributed by atoms with van der Waals surface area (Å²) >= 11 is 1.50. The molecule has 1 aliphatic carbocycles. The molecule has 0 aliphatic heterocycles. The smallest absolute Gasteiger partial charge is 0.341 e. The van der Waals surface area contributed by atoms with Crippen molar-refractivity contribution < 1.29 is 19.1 Å². The van der Waals surface area contributed by atoms with Gasteiger partial charge in [0.1, 0.15) is 10.8 Å². The molecule has 156 valence electrons. The molecule has 0 saturated carbocycles. The van der Waals surface area contributed by atoms with E-state index in [9.17, 15) is 9.59 Å². The van der Waals surface area contributed by atoms with E-state index in [0.717, 1.165) is 24.8 Å². The Hall–Kier alpha value is -2.34. The third-order valence-corrected chi connectivity index (χ3v) is 6.15. The zero-order valence-electron chi connectivity index (χ0n) is 17.5. The largest absolute Gasteiger partial charge is 0.481 e. The zero-order valence-corrected chi connectivity index (χ0v) is 18.3. The molecule has 0 spiro atoms. The molecule has 1 amide bonds. The highest BCUT2D eigenvalue weighted by molar-refractivity contribution is 7.17. The van der Waals surface area contributed by atoms with Crippen molar-refractivity contribution in [3.05, 3.63) is 46.3 Å². The van der Waals surface area contributed by atoms with Gasteiger partial charge in [0.15, 0.2) is 6.10 Å². The van der Waals surface area contributed by atoms with Gasteiger partial charge in [-0.25, -0.2) is 4.79 Å². The molecule has 1 heterocycles. The minimum atomic E-state index is -0.635. The highest BCUT2D eigenvalue weighted by Gasteiger charge is 2.31. The number of benzene rings is 1. The summed E-state index contributed by atoms with van der Waals surface area (Å²) in [5.41, 5.74) is 1.56. The third-order valence-electron chi connectivity index (χ3n) is 4.98. The number of hydrogen-bond acceptors (Lipinski definition) is 5. The number of anilines is 1. The van der Waals surface area contributed by atoms with Gasteiger partial charge in [-0.3, -0.25) is 4.79 Å². The number of para-hydroxylation sites is 1. The fourth-order valence-electron chi connectivity index (χ4n) is 3.51. The van der Waals surface area contributed by atoms with E-state index in [0.29, 0.717) is 28.7 Å². The first kappa shape index (κ1) is 21.4. The van der Waals surface area contributed by atoms with Crippen molar-refractivity contribution in [3.8, 4) is 5.75 Å². The highest BCUT2D eigenvalue weighted by atomic mass is 32.1. The highest BCUT2D eigenvalue weighted by Crippen LogP contribution is 2.40. The van der Waals surface area contributed by atoms with Gasteiger partial charge in [0.05, 0.1) is 11.7 Å². The first-order chi connectivity index (χ1) is 13.9. The summed E-state index contributed by atoms with van der Waals surface area (Å²) < 4.78 is 11.3. The van der Waals surface area contributed by atoms with Gasteiger partial charge < -0.3 is 14.8 Å². The maximum Gasteiger partial charge on any atom is 0.341 e. The van der Waals surface area contributed by atoms with Gasteiger partial charge in [0.2, 0.25) is 0 Å². The molecule has 29 heavy (non-hydrogen) atoms. The molecule has 1 aromatic carbocycles. The van der Waals surface area contributed by atoms with Crippen LogP contribution in [0.15, 0.2) is 30.3 Å². The van der Waals surface area contributed by atoms with Crippen LogP contribution in [0, 0.1) is 5.92 Å². The molecule has 2 unspecified atom stereocenters. The SMILES string of the molecule is CCC(Oc1ccccc1)C(=O)Nc1sc2c(c1C(=O)OC(C)C)CCC(C)C2. The molecule has 0 saturated heterocycles. The number of amides is 1. The second-order valence-corrected chi connectivity index (χ2v) is 8.93. The van der Waals surface area contributed by atoms with Crippen LogP contribution in [0.5, 0.6) is 5.75 Å². The Morgan fingerprint density at radius 3 is 2.62 bits per heavy atom. The van der Waals surface area contributed by atoms with Crippen LogP contribution in [0.2, 0.25) is 0 Å². The minimum absolute atomic E-state index is 0.214. The van der Waals surface area contributed by atoms with E-state index in [-0.39, 0.29) is 18.0 Å². The summed E-state index contributed by atoms with van der Waals surface area (Å²) in [6.45, 7) is 7.78. The number of thiophene rings is 1. The molecule has 0 fully saturated rings. The van der Waals surface area contributed by atoms with Crippen molar-refractivity contribution >= 4 is 28.2 Å². The number of rotatable bonds is 7. The van der Waals surface area contributed by atoms with Crippen molar-refractivity contribution in [2.75, 3.05) is 5.32 Å². The van der Waals surface area contributed by atoms with E-state index in [1.165, 1.54) is 16.2 Å². The van der Waals surface area contributed by atoms with Crippen LogP contribution in [-0.2, 0) is 22.4 Å². The number of esters is 1. The molecular formula is C23H29NO4S. The number of fused-ring (bicyclic) bond motifs is 1. The first-order valence-corrected chi connectivity index (χ1v) is 11.1. The molecular weight excluding hydrogens is 386 g/mol. The Bertz CT molecular complexity index is 859. The zero-order chi connectivity index (χ0) is 21.0. The quantitative estimate of drug-likeness (QED) is 0.629. The van der Waals surface area contributed by atoms with Crippen LogP contribution in [0.3, 0.4) is 0 Å². The normalized spacial score (nSPS) is 16.8. The van der Waals surface area contributed by atoms with Gasteiger partial charge in [-0.15, -0.1) is 11.3 Å². The number of carbonyl (C=O) groups excluding carboxylic acids is 2. The van der Waals surface area contributed by atoms with Crippen molar-refractivity contribution in [1.82, 2.24) is 0 Å². The number of carbonyl (C=O) groups is 2. The van der Waals surface area contributed by atoms with E-state index in [4.69, 9.17) is 9.47 Å². The molecule has 2 atom stereocenters. The first-order valence-electron chi connectivity index (χ1n) is 10.3. The Kier molecular flexibility index (Phi) is 6.96. The molecule has 2 aromatic rings. The number of hydrogen-bond donors (Lipinski definition) is 1. The Morgan fingerprint density at radius 1 is 1.24 bits per heavy atom. The van der Waals surface area contributed by atoms with E-state index in [2.05, 4.69) is 12.2 Å². The average Bonchev–Trinajstić information content (AvgIpc) is 3.03. The van der Waals surface area contributed by atoms with Crippen LogP contribution >= 0.6 is 11.3 Å². The standard InChI is InChI=1S/C23H29NO4S/c1-5-18(28-16-9-7-6-8-10-16)21(25)24-22-20(23(26)27-14(2)3)17-12-11-15(4)13-19(17)29-22/h6-10,14-15,18H,5,11-13H2,1-4H3,(H,24,25). The van der Waals surface area contributed by atoms with Crippen LogP contribution in [0.4, 0.5) is 5.00 Å². The summed E-state index contributed by atoms with van der Waals surface area (Å²) in [5, 5.41) is 3.54. The molecule has 0 bridgehead atoms. The second-order valence-electron chi connectivity index (χ2n) is 7.83. The monoisotopic (exact) mass is 415 g/mol. The predicted octanol–water partition coefficient (Wildman–Crippen LogP) is 5.23. The van der Waals surface area contributed by atoms with Crippen LogP contribution in [0.1, 0.15) is 61.3 Å². The molecule has 1 N–H and O–H groups in total. The van der Waals surface area contributed by atoms with Crippen molar-refractivity contribution in [2.24, 2.45) is 5.92 Å². The van der Waals surface area contributed by atoms with E-state index < -0.39 is 6.10 Å². The topological polar surface area (TPSA) is 64.6 Å². The van der Waals surface area contributed by atoms with Gasteiger partial charge in [0.25, 0.3) is 5.91 Å². The maximum absolute atomic E-state index is 12.9. The summed E-state index contributed by atoms with van der Waals surface area (Å²) in [4.78, 5) is 26.9. The van der Waals surface area contributed by atoms with Crippen molar-refractivity contribution in [2.45, 2.75) is 65.6 Å². The minimum Gasteiger partial charge on any atom is -0.481 e. The molecule has 0 radical (unpaired) electrons. The van der Waals surface area contributed by atoms with Gasteiger partial charge in [0, 0.05) is 4.88 Å². The number of nitrogens with one attached hydrogen (secondary N) is 1. The van der Waals surface area contributed by atoms with Crippen molar-refractivity contribution in [3.63, 3.8) is 0 Å². The summed E-state index contributed by atoms with van der Waals surface area (Å²) in [7, 11) is 0. The molecule has 5 nitrogen and oxygen atoms in total. The Morgan fingerprint density at radius 2 is 1.97 bits per heavy atom. The van der Waals surface area contributed by atoms with Gasteiger partial charge in [-0.2, -0.15) is 0 Å². The molecule has 3 rings (SSSR count). The van der Waals surface area contributed by atoms with Crippen LogP contribution in [-0.4, -0.2) is 24.1 Å². The van der Waals surface area contributed by atoms with Gasteiger partial charge in [-0.05, 0) is 63.1 Å². The summed E-state index contributed by atoms with van der Waals surface area (Å²) in [6.07, 6.45) is 2.47. The van der Waals surface area contributed by atoms with Crippen LogP contribution in [0.25, 0.3) is 0 Å². The van der Waals surface area contributed by atoms with E-state index in [1.807, 2.05) is 51.1 Å². The fourth-order valence-corrected chi connectivity index (χ4v) is 4.91. The fraction of sp³-hybridized carbons (Fsp3) is 0.478. The average molecular weight is 416 g/mol. The van der Waals surface area contributed by atoms with Crippen LogP contribution < -0.4 is 10.1 Å². The van der Waals surface area contributed by atoms with E-state index in [1.54, 1.807) is 0 Å². The second kappa shape index (κ2) is 9.44. The van der Waals surface area contributed by atoms with Crippen molar-refractivity contribution in [1.29, 1.82) is 0 Å². The predicted molar refractivity (Wildman–Crippen MR) is 116 cm³/mol. The Balaban J connectivity index is 1.85. The summed E-state index contributed by atoms with van der Waals surface area (Å²) in [5.74, 6) is 0.609. The van der Waals surface area contributed by atoms with Gasteiger partial charge >= 0.3 is 5.97 Å². The van der Waals surface area contributed by atoms with Gasteiger partial charge in [-0.1, -0.05) is 32.0 Å². The molecule has 6 heteroatoms. The lowest BCUT2D eigenvalue weighted by molar-refractivity contribution is -0.122. The molecule has 1 aromatic heterocycles. The maximum atomic E-state index is 12.9. The lowest BCUT2D eigenvalue weighted by Crippen LogP contribution is -2.32. The molecule has 1 aliphatic rings. The lowest BCUT2D eigenvalue weighted by atomic mass is 9.88.